The molecule has 0 radical (unpaired) electrons. The van der Waals surface area contributed by atoms with E-state index in [0.29, 0.717) is 0 Å². The van der Waals surface area contributed by atoms with E-state index in [0.717, 1.165) is 82.2 Å². The van der Waals surface area contributed by atoms with E-state index in [1.54, 1.807) is 0 Å². The Hall–Kier alpha value is -3.80. The number of rotatable bonds is 8. The highest BCUT2D eigenvalue weighted by molar-refractivity contribution is 6.21. The lowest BCUT2D eigenvalue weighted by molar-refractivity contribution is -0.192. The molecule has 0 unspecified atom stereocenters. The van der Waals surface area contributed by atoms with E-state index >= 15 is 0 Å². The van der Waals surface area contributed by atoms with Gasteiger partial charge in [-0.3, -0.25) is 0 Å². The van der Waals surface area contributed by atoms with Gasteiger partial charge in [0.15, 0.2) is 0 Å². The molecule has 4 aliphatic rings. The zero-order valence-electron chi connectivity index (χ0n) is 29.3. The molecule has 8 bridgehead atoms. The number of nitrogens with one attached hydrogen (secondary N) is 1. The molecule has 0 spiro atoms. The molecular weight excluding hydrogens is 566 g/mol. The van der Waals surface area contributed by atoms with E-state index in [2.05, 4.69) is 123 Å². The highest BCUT2D eigenvalue weighted by Gasteiger charge is 2.50. The first kappa shape index (κ1) is 32.2. The normalized spacial score (nSPS) is 18.6. The topological polar surface area (TPSA) is 59.0 Å². The summed E-state index contributed by atoms with van der Waals surface area (Å²) in [5, 5.41) is 0. The first-order valence-electron chi connectivity index (χ1n) is 17.2. The van der Waals surface area contributed by atoms with Gasteiger partial charge in [0.1, 0.15) is 0 Å². The lowest BCUT2D eigenvalue weighted by atomic mass is 9.95. The summed E-state index contributed by atoms with van der Waals surface area (Å²) >= 11 is 0. The zero-order chi connectivity index (χ0) is 32.9. The maximum absolute atomic E-state index is 7.00. The fourth-order valence-electron chi connectivity index (χ4n) is 7.63. The Morgan fingerprint density at radius 2 is 1.04 bits per heavy atom. The molecular formula is C41H49N3O2. The van der Waals surface area contributed by atoms with E-state index in [4.69, 9.17) is 19.5 Å². The van der Waals surface area contributed by atoms with Crippen LogP contribution in [0.1, 0.15) is 116 Å². The Bertz CT molecular complexity index is 1710. The van der Waals surface area contributed by atoms with Crippen molar-refractivity contribution in [3.05, 3.63) is 104 Å². The highest BCUT2D eigenvalue weighted by Crippen LogP contribution is 2.53. The number of benzene rings is 1. The van der Waals surface area contributed by atoms with Crippen molar-refractivity contribution in [1.29, 1.82) is 0 Å². The van der Waals surface area contributed by atoms with Crippen LogP contribution in [0.4, 0.5) is 0 Å². The first-order chi connectivity index (χ1) is 22.1. The summed E-state index contributed by atoms with van der Waals surface area (Å²) in [5.41, 5.74) is 18.0. The monoisotopic (exact) mass is 615 g/mol. The maximum Gasteiger partial charge on any atom is 0.224 e. The van der Waals surface area contributed by atoms with Crippen molar-refractivity contribution in [3.63, 3.8) is 0 Å². The molecule has 6 rings (SSSR count). The molecule has 2 aromatic rings. The second-order valence-corrected chi connectivity index (χ2v) is 13.2. The van der Waals surface area contributed by atoms with Crippen LogP contribution in [0.5, 0.6) is 0 Å². The molecule has 5 nitrogen and oxygen atoms in total. The summed E-state index contributed by atoms with van der Waals surface area (Å²) < 4.78 is 14.0. The van der Waals surface area contributed by atoms with Crippen LogP contribution in [0.2, 0.25) is 0 Å². The summed E-state index contributed by atoms with van der Waals surface area (Å²) in [6.45, 7) is 21.7. The van der Waals surface area contributed by atoms with Gasteiger partial charge < -0.3 is 14.5 Å². The molecule has 1 aromatic heterocycles. The molecule has 0 atom stereocenters. The van der Waals surface area contributed by atoms with Gasteiger partial charge in [-0.1, -0.05) is 52.0 Å². The number of aromatic amines is 1. The van der Waals surface area contributed by atoms with Gasteiger partial charge >= 0.3 is 0 Å². The van der Waals surface area contributed by atoms with Crippen LogP contribution in [0.15, 0.2) is 80.1 Å². The summed E-state index contributed by atoms with van der Waals surface area (Å²) in [4.78, 5) is 14.5. The molecule has 0 saturated carbocycles. The Morgan fingerprint density at radius 1 is 0.630 bits per heavy atom. The van der Waals surface area contributed by atoms with Crippen LogP contribution in [-0.4, -0.2) is 34.4 Å². The van der Waals surface area contributed by atoms with Crippen LogP contribution in [0.3, 0.4) is 0 Å². The van der Waals surface area contributed by atoms with Gasteiger partial charge in [-0.2, -0.15) is 0 Å². The second kappa shape index (κ2) is 12.4. The molecule has 1 aliphatic carbocycles. The number of hydrogen-bond donors (Lipinski definition) is 1. The number of fused-ring (bicyclic) bond motifs is 9. The molecule has 4 heterocycles. The summed E-state index contributed by atoms with van der Waals surface area (Å²) in [7, 11) is 0. The number of hydrogen-bond acceptors (Lipinski definition) is 4. The summed E-state index contributed by atoms with van der Waals surface area (Å²) in [6.07, 6.45) is 12.5. The molecule has 3 aliphatic heterocycles. The van der Waals surface area contributed by atoms with E-state index < -0.39 is 5.79 Å². The van der Waals surface area contributed by atoms with Crippen LogP contribution >= 0.6 is 0 Å². The van der Waals surface area contributed by atoms with Gasteiger partial charge in [0.25, 0.3) is 0 Å². The van der Waals surface area contributed by atoms with E-state index in [9.17, 15) is 0 Å². The molecule has 0 saturated heterocycles. The second-order valence-electron chi connectivity index (χ2n) is 13.2. The number of aromatic nitrogens is 1. The number of nitrogens with zero attached hydrogens (tertiary/aromatic N) is 2. The van der Waals surface area contributed by atoms with Gasteiger partial charge in [-0.25, -0.2) is 9.98 Å². The lowest BCUT2D eigenvalue weighted by Crippen LogP contribution is -2.40. The fraction of sp³-hybridized carbons (Fsp3) is 0.415. The molecule has 240 valence electrons. The predicted octanol–water partition coefficient (Wildman–Crippen LogP) is 10.2. The largest absolute Gasteiger partial charge is 0.355 e. The van der Waals surface area contributed by atoms with Gasteiger partial charge in [-0.15, -0.1) is 0 Å². The average molecular weight is 616 g/mol. The minimum absolute atomic E-state index is 0.0985. The third-order valence-electron chi connectivity index (χ3n) is 9.62. The molecule has 0 fully saturated rings. The Morgan fingerprint density at radius 3 is 1.39 bits per heavy atom. The molecule has 5 heteroatoms. The molecule has 1 N–H and O–H groups in total. The van der Waals surface area contributed by atoms with Crippen molar-refractivity contribution in [1.82, 2.24) is 4.98 Å². The zero-order valence-corrected chi connectivity index (χ0v) is 29.3. The summed E-state index contributed by atoms with van der Waals surface area (Å²) in [5.74, 6) is -1.14. The van der Waals surface area contributed by atoms with Crippen molar-refractivity contribution >= 4 is 34.7 Å². The van der Waals surface area contributed by atoms with Crippen molar-refractivity contribution in [2.75, 3.05) is 0 Å². The molecule has 46 heavy (non-hydrogen) atoms. The SMILES string of the molecule is CCC1=C(C)C2=NC1=Cc1[nH]c(c(CC)c1CC)C=C1N=C(C=C3c4ccccc4C(=C2)C3(OC(C)C)OC(C)C)C(C)=C1CC. The lowest BCUT2D eigenvalue weighted by Gasteiger charge is -2.36. The minimum atomic E-state index is -1.14. The third kappa shape index (κ3) is 5.18. The number of aliphatic imine (C=N–C) groups is 2. The standard InChI is InChI=1S/C41H49N3O2/c1-11-27-25(9)35-19-33-31-17-15-16-18-32(31)34(41(33,45-23(5)6)46-24(7)8)20-36-26(10)28(12-2)38(43-36)22-40-30(14-4)29(13-3)39(44-40)21-37(27)42-35/h15-24,44H,11-14H2,1-10H3. The first-order valence-corrected chi connectivity index (χ1v) is 17.2. The van der Waals surface area contributed by atoms with E-state index in [1.165, 1.54) is 33.4 Å². The van der Waals surface area contributed by atoms with Gasteiger partial charge in [0.2, 0.25) is 5.79 Å². The fourth-order valence-corrected chi connectivity index (χ4v) is 7.63. The number of allylic oxidation sites excluding steroid dienone is 6. The number of ether oxygens (including phenoxy) is 2. The van der Waals surface area contributed by atoms with Crippen LogP contribution in [0, 0.1) is 0 Å². The van der Waals surface area contributed by atoms with Crippen molar-refractivity contribution in [2.24, 2.45) is 9.98 Å². The van der Waals surface area contributed by atoms with Crippen molar-refractivity contribution in [3.8, 4) is 0 Å². The van der Waals surface area contributed by atoms with Gasteiger partial charge in [0.05, 0.1) is 35.0 Å². The maximum atomic E-state index is 7.00. The Balaban J connectivity index is 1.77. The highest BCUT2D eigenvalue weighted by atomic mass is 16.7. The average Bonchev–Trinajstić information content (AvgIpc) is 3.67. The van der Waals surface area contributed by atoms with E-state index in [1.807, 2.05) is 0 Å². The van der Waals surface area contributed by atoms with Crippen LogP contribution < -0.4 is 0 Å². The smallest absolute Gasteiger partial charge is 0.224 e. The Kier molecular flexibility index (Phi) is 8.69. The van der Waals surface area contributed by atoms with Crippen LogP contribution in [0.25, 0.3) is 23.3 Å². The Labute approximate surface area is 275 Å². The van der Waals surface area contributed by atoms with Crippen LogP contribution in [-0.2, 0) is 22.3 Å². The minimum Gasteiger partial charge on any atom is -0.355 e. The summed E-state index contributed by atoms with van der Waals surface area (Å²) in [6, 6.07) is 8.58. The predicted molar refractivity (Wildman–Crippen MR) is 194 cm³/mol. The third-order valence-corrected chi connectivity index (χ3v) is 9.62. The molecule has 1 aromatic carbocycles. The van der Waals surface area contributed by atoms with Gasteiger partial charge in [-0.05, 0) is 136 Å². The quantitative estimate of drug-likeness (QED) is 0.300. The van der Waals surface area contributed by atoms with Crippen molar-refractivity contribution in [2.45, 2.75) is 113 Å². The van der Waals surface area contributed by atoms with E-state index in [-0.39, 0.29) is 12.2 Å². The van der Waals surface area contributed by atoms with Crippen molar-refractivity contribution < 1.29 is 9.47 Å². The number of H-pyrrole nitrogens is 1. The molecule has 0 amide bonds. The van der Waals surface area contributed by atoms with Gasteiger partial charge in [0, 0.05) is 22.5 Å².